The first-order chi connectivity index (χ1) is 9.68. The molecule has 126 valence electrons. The molecule has 1 saturated heterocycles. The van der Waals surface area contributed by atoms with Crippen molar-refractivity contribution in [2.75, 3.05) is 26.2 Å². The minimum Gasteiger partial charge on any atom is -0.506 e. The quantitative estimate of drug-likeness (QED) is 0.849. The Balaban J connectivity index is 0.00000121. The molecule has 2 fully saturated rings. The van der Waals surface area contributed by atoms with Crippen LogP contribution in [0.2, 0.25) is 5.02 Å². The van der Waals surface area contributed by atoms with Gasteiger partial charge in [0.05, 0.1) is 5.02 Å². The van der Waals surface area contributed by atoms with Crippen molar-refractivity contribution in [3.8, 4) is 5.75 Å². The Morgan fingerprint density at radius 3 is 2.41 bits per heavy atom. The number of phenolic OH excluding ortho intramolecular Hbond substituents is 1. The molecule has 3 rings (SSSR count). The number of benzene rings is 1. The Kier molecular flexibility index (Phi) is 7.69. The summed E-state index contributed by atoms with van der Waals surface area (Å²) in [6.45, 7) is 3.58. The van der Waals surface area contributed by atoms with E-state index in [1.807, 2.05) is 0 Å². The van der Waals surface area contributed by atoms with Crippen molar-refractivity contribution in [1.82, 2.24) is 10.2 Å². The number of hydrogen-bond donors (Lipinski definition) is 2. The van der Waals surface area contributed by atoms with Gasteiger partial charge < -0.3 is 10.4 Å². The van der Waals surface area contributed by atoms with Crippen LogP contribution in [-0.4, -0.2) is 36.2 Å². The molecule has 2 N–H and O–H groups in total. The number of halogens is 4. The summed E-state index contributed by atoms with van der Waals surface area (Å²) in [7, 11) is 0. The van der Waals surface area contributed by atoms with E-state index in [0.717, 1.165) is 39.0 Å². The number of nitrogens with zero attached hydrogens (tertiary/aromatic N) is 1. The second kappa shape index (κ2) is 8.55. The molecule has 1 heterocycles. The number of piperazine rings is 1. The van der Waals surface area contributed by atoms with Gasteiger partial charge in [-0.15, -0.1) is 24.8 Å². The highest BCUT2D eigenvalue weighted by atomic mass is 35.5. The molecule has 0 aromatic heterocycles. The van der Waals surface area contributed by atoms with E-state index >= 15 is 0 Å². The van der Waals surface area contributed by atoms with Crippen molar-refractivity contribution in [2.45, 2.75) is 25.3 Å². The van der Waals surface area contributed by atoms with E-state index in [9.17, 15) is 9.50 Å². The summed E-state index contributed by atoms with van der Waals surface area (Å²) in [6, 6.07) is 2.74. The molecule has 0 unspecified atom stereocenters. The van der Waals surface area contributed by atoms with Gasteiger partial charge in [-0.1, -0.05) is 18.0 Å². The van der Waals surface area contributed by atoms with Gasteiger partial charge in [0.2, 0.25) is 0 Å². The first-order valence-corrected chi connectivity index (χ1v) is 7.68. The zero-order valence-electron chi connectivity index (χ0n) is 12.2. The summed E-state index contributed by atoms with van der Waals surface area (Å²) >= 11 is 5.99. The maximum Gasteiger partial charge on any atom is 0.141 e. The summed E-state index contributed by atoms with van der Waals surface area (Å²) in [5.74, 6) is -0.00333. The number of nitrogens with one attached hydrogen (secondary N) is 1. The van der Waals surface area contributed by atoms with Crippen LogP contribution >= 0.6 is 36.4 Å². The van der Waals surface area contributed by atoms with Crippen molar-refractivity contribution in [1.29, 1.82) is 0 Å². The van der Waals surface area contributed by atoms with Crippen LogP contribution in [0.1, 0.15) is 30.9 Å². The smallest absolute Gasteiger partial charge is 0.141 e. The molecule has 1 atom stereocenters. The summed E-state index contributed by atoms with van der Waals surface area (Å²) in [5.41, 5.74) is 0.393. The Morgan fingerprint density at radius 1 is 1.23 bits per heavy atom. The Morgan fingerprint density at radius 2 is 1.86 bits per heavy atom. The predicted molar refractivity (Wildman–Crippen MR) is 92.1 cm³/mol. The third-order valence-electron chi connectivity index (χ3n) is 4.55. The zero-order chi connectivity index (χ0) is 14.1. The van der Waals surface area contributed by atoms with E-state index in [0.29, 0.717) is 11.5 Å². The van der Waals surface area contributed by atoms with Crippen molar-refractivity contribution in [2.24, 2.45) is 5.92 Å². The van der Waals surface area contributed by atoms with Crippen LogP contribution in [0.4, 0.5) is 4.39 Å². The van der Waals surface area contributed by atoms with E-state index in [1.165, 1.54) is 18.6 Å². The fourth-order valence-corrected chi connectivity index (χ4v) is 3.44. The molecule has 7 heteroatoms. The van der Waals surface area contributed by atoms with Gasteiger partial charge in [-0.2, -0.15) is 0 Å². The molecule has 0 radical (unpaired) electrons. The highest BCUT2D eigenvalue weighted by molar-refractivity contribution is 6.32. The van der Waals surface area contributed by atoms with E-state index in [4.69, 9.17) is 11.6 Å². The van der Waals surface area contributed by atoms with Crippen LogP contribution < -0.4 is 5.32 Å². The second-order valence-electron chi connectivity index (χ2n) is 5.71. The lowest BCUT2D eigenvalue weighted by Gasteiger charge is -2.43. The second-order valence-corrected chi connectivity index (χ2v) is 6.12. The SMILES string of the molecule is Cl.Cl.Oc1c(Cl)ccc(F)c1[C@@H](C1CCC1)N1CCNCC1. The lowest BCUT2D eigenvalue weighted by atomic mass is 9.76. The van der Waals surface area contributed by atoms with Gasteiger partial charge in [0, 0.05) is 37.8 Å². The molecule has 1 aromatic carbocycles. The molecule has 1 aliphatic carbocycles. The molecule has 1 saturated carbocycles. The number of phenols is 1. The van der Waals surface area contributed by atoms with Gasteiger partial charge in [0.1, 0.15) is 11.6 Å². The van der Waals surface area contributed by atoms with Gasteiger partial charge in [0.15, 0.2) is 0 Å². The van der Waals surface area contributed by atoms with E-state index < -0.39 is 0 Å². The molecule has 1 aliphatic heterocycles. The molecule has 1 aromatic rings. The monoisotopic (exact) mass is 370 g/mol. The van der Waals surface area contributed by atoms with Gasteiger partial charge in [-0.3, -0.25) is 4.90 Å². The average molecular weight is 372 g/mol. The predicted octanol–water partition coefficient (Wildman–Crippen LogP) is 3.77. The minimum atomic E-state index is -0.345. The molecule has 2 aliphatic rings. The molecule has 0 amide bonds. The van der Waals surface area contributed by atoms with Crippen LogP contribution in [0.15, 0.2) is 12.1 Å². The third-order valence-corrected chi connectivity index (χ3v) is 4.86. The Labute approximate surface area is 148 Å². The maximum absolute atomic E-state index is 14.3. The van der Waals surface area contributed by atoms with Crippen LogP contribution in [0.25, 0.3) is 0 Å². The standard InChI is InChI=1S/C15H20ClFN2O.2ClH/c16-11-4-5-12(17)13(15(11)20)14(10-2-1-3-10)19-8-6-18-7-9-19;;/h4-5,10,14,18,20H,1-3,6-9H2;2*1H/t14-;;/m1../s1. The third kappa shape index (κ3) is 3.80. The summed E-state index contributed by atoms with van der Waals surface area (Å²) < 4.78 is 14.3. The summed E-state index contributed by atoms with van der Waals surface area (Å²) in [5, 5.41) is 13.8. The Hall–Kier alpha value is -0.260. The van der Waals surface area contributed by atoms with Crippen LogP contribution in [0, 0.1) is 11.7 Å². The van der Waals surface area contributed by atoms with Gasteiger partial charge >= 0.3 is 0 Å². The highest BCUT2D eigenvalue weighted by Gasteiger charge is 2.37. The molecule has 0 spiro atoms. The summed E-state index contributed by atoms with van der Waals surface area (Å²) in [4.78, 5) is 2.29. The van der Waals surface area contributed by atoms with Crippen molar-refractivity contribution < 1.29 is 9.50 Å². The van der Waals surface area contributed by atoms with Crippen molar-refractivity contribution in [3.63, 3.8) is 0 Å². The van der Waals surface area contributed by atoms with E-state index in [1.54, 1.807) is 0 Å². The normalized spacial score (nSPS) is 20.5. The number of hydrogen-bond acceptors (Lipinski definition) is 3. The fourth-order valence-electron chi connectivity index (χ4n) is 3.27. The minimum absolute atomic E-state index is 0. The largest absolute Gasteiger partial charge is 0.506 e. The van der Waals surface area contributed by atoms with Crippen LogP contribution in [-0.2, 0) is 0 Å². The lowest BCUT2D eigenvalue weighted by molar-refractivity contribution is 0.0793. The van der Waals surface area contributed by atoms with Crippen molar-refractivity contribution >= 4 is 36.4 Å². The molecule has 22 heavy (non-hydrogen) atoms. The van der Waals surface area contributed by atoms with Gasteiger partial charge in [-0.25, -0.2) is 4.39 Å². The fraction of sp³-hybridized carbons (Fsp3) is 0.600. The molecular formula is C15H22Cl3FN2O. The van der Waals surface area contributed by atoms with Gasteiger partial charge in [0.25, 0.3) is 0 Å². The zero-order valence-corrected chi connectivity index (χ0v) is 14.6. The lowest BCUT2D eigenvalue weighted by Crippen LogP contribution is -2.48. The molecule has 0 bridgehead atoms. The topological polar surface area (TPSA) is 35.5 Å². The van der Waals surface area contributed by atoms with Crippen LogP contribution in [0.3, 0.4) is 0 Å². The average Bonchev–Trinajstić information content (AvgIpc) is 2.41. The van der Waals surface area contributed by atoms with Crippen molar-refractivity contribution in [3.05, 3.63) is 28.5 Å². The Bertz CT molecular complexity index is 494. The number of aromatic hydroxyl groups is 1. The molecule has 3 nitrogen and oxygen atoms in total. The van der Waals surface area contributed by atoms with Gasteiger partial charge in [-0.05, 0) is 30.9 Å². The molecular weight excluding hydrogens is 350 g/mol. The van der Waals surface area contributed by atoms with E-state index in [-0.39, 0.29) is 47.4 Å². The first kappa shape index (κ1) is 19.8. The highest BCUT2D eigenvalue weighted by Crippen LogP contribution is 2.46. The summed E-state index contributed by atoms with van der Waals surface area (Å²) in [6.07, 6.45) is 3.39. The van der Waals surface area contributed by atoms with Crippen LogP contribution in [0.5, 0.6) is 5.75 Å². The number of rotatable bonds is 3. The first-order valence-electron chi connectivity index (χ1n) is 7.30. The van der Waals surface area contributed by atoms with E-state index in [2.05, 4.69) is 10.2 Å². The maximum atomic E-state index is 14.3.